The van der Waals surface area contributed by atoms with Gasteiger partial charge >= 0.3 is 0 Å². The molecule has 3 heteroatoms. The van der Waals surface area contributed by atoms with Crippen molar-refractivity contribution >= 4 is 11.7 Å². The number of aromatic nitrogens is 1. The van der Waals surface area contributed by atoms with Crippen molar-refractivity contribution in [3.8, 4) is 0 Å². The van der Waals surface area contributed by atoms with E-state index in [1.165, 1.54) is 5.56 Å². The van der Waals surface area contributed by atoms with Gasteiger partial charge < -0.3 is 0 Å². The molecule has 0 aliphatic rings. The van der Waals surface area contributed by atoms with Crippen molar-refractivity contribution in [1.82, 2.24) is 4.98 Å². The average Bonchev–Trinajstić information content (AvgIpc) is 2.67. The highest BCUT2D eigenvalue weighted by Crippen LogP contribution is 2.18. The van der Waals surface area contributed by atoms with Gasteiger partial charge in [-0.1, -0.05) is 55.0 Å². The van der Waals surface area contributed by atoms with Gasteiger partial charge in [0.2, 0.25) is 0 Å². The first-order valence-corrected chi connectivity index (χ1v) is 8.54. The summed E-state index contributed by atoms with van der Waals surface area (Å²) < 4.78 is 0. The zero-order valence-corrected chi connectivity index (χ0v) is 14.6. The summed E-state index contributed by atoms with van der Waals surface area (Å²) in [5, 5.41) is 0. The summed E-state index contributed by atoms with van der Waals surface area (Å²) in [7, 11) is 0. The van der Waals surface area contributed by atoms with Crippen molar-refractivity contribution in [3.63, 3.8) is 0 Å². The Balaban J connectivity index is 1.92. The molecule has 0 spiro atoms. The van der Waals surface area contributed by atoms with Crippen LogP contribution in [0.3, 0.4) is 0 Å². The van der Waals surface area contributed by atoms with Crippen LogP contribution in [0.4, 0.5) is 5.82 Å². The topological polar surface area (TPSA) is 33.2 Å². The molecule has 1 aromatic heterocycles. The molecule has 126 valence electrons. The van der Waals surface area contributed by atoms with Gasteiger partial charge in [0.25, 0.3) is 5.91 Å². The summed E-state index contributed by atoms with van der Waals surface area (Å²) >= 11 is 0. The Hall–Kier alpha value is -2.94. The van der Waals surface area contributed by atoms with E-state index < -0.39 is 0 Å². The van der Waals surface area contributed by atoms with Crippen LogP contribution in [-0.2, 0) is 13.0 Å². The molecular formula is C22H22N2O. The molecule has 3 rings (SSSR count). The van der Waals surface area contributed by atoms with E-state index in [4.69, 9.17) is 0 Å². The Bertz CT molecular complexity index is 824. The summed E-state index contributed by atoms with van der Waals surface area (Å²) in [6.45, 7) is 4.64. The second kappa shape index (κ2) is 7.75. The molecule has 3 nitrogen and oxygen atoms in total. The maximum atomic E-state index is 13.1. The molecule has 0 radical (unpaired) electrons. The average molecular weight is 330 g/mol. The molecule has 0 bridgehead atoms. The lowest BCUT2D eigenvalue weighted by molar-refractivity contribution is 0.0984. The Morgan fingerprint density at radius 1 is 0.920 bits per heavy atom. The van der Waals surface area contributed by atoms with Gasteiger partial charge in [-0.25, -0.2) is 4.98 Å². The van der Waals surface area contributed by atoms with Crippen LogP contribution in [0, 0.1) is 6.92 Å². The number of hydrogen-bond acceptors (Lipinski definition) is 2. The van der Waals surface area contributed by atoms with Crippen LogP contribution < -0.4 is 4.90 Å². The zero-order valence-electron chi connectivity index (χ0n) is 14.6. The molecule has 0 unspecified atom stereocenters. The van der Waals surface area contributed by atoms with Gasteiger partial charge in [0.05, 0.1) is 6.54 Å². The molecule has 0 saturated carbocycles. The predicted octanol–water partition coefficient (Wildman–Crippen LogP) is 4.80. The number of aryl methyl sites for hydroxylation is 2. The molecule has 1 heterocycles. The number of anilines is 1. The van der Waals surface area contributed by atoms with Gasteiger partial charge in [-0.2, -0.15) is 0 Å². The number of hydrogen-bond donors (Lipinski definition) is 0. The van der Waals surface area contributed by atoms with Crippen molar-refractivity contribution in [3.05, 3.63) is 95.2 Å². The van der Waals surface area contributed by atoms with Crippen LogP contribution in [0.2, 0.25) is 0 Å². The van der Waals surface area contributed by atoms with E-state index in [9.17, 15) is 4.79 Å². The third-order valence-corrected chi connectivity index (χ3v) is 4.24. The Labute approximate surface area is 149 Å². The summed E-state index contributed by atoms with van der Waals surface area (Å²) in [6, 6.07) is 21.7. The summed E-state index contributed by atoms with van der Waals surface area (Å²) in [5.74, 6) is 0.617. The highest BCUT2D eigenvalue weighted by molar-refractivity contribution is 6.05. The molecule has 1 amide bonds. The van der Waals surface area contributed by atoms with Gasteiger partial charge in [0, 0.05) is 11.8 Å². The van der Waals surface area contributed by atoms with E-state index in [0.717, 1.165) is 17.5 Å². The number of nitrogens with zero attached hydrogens (tertiary/aromatic N) is 2. The van der Waals surface area contributed by atoms with Gasteiger partial charge in [-0.05, 0) is 48.7 Å². The Kier molecular flexibility index (Phi) is 5.24. The van der Waals surface area contributed by atoms with Crippen molar-refractivity contribution in [2.75, 3.05) is 4.90 Å². The fourth-order valence-electron chi connectivity index (χ4n) is 2.69. The molecule has 25 heavy (non-hydrogen) atoms. The van der Waals surface area contributed by atoms with Crippen LogP contribution in [0.1, 0.15) is 34.0 Å². The lowest BCUT2D eigenvalue weighted by atomic mass is 10.1. The third kappa shape index (κ3) is 4.13. The summed E-state index contributed by atoms with van der Waals surface area (Å²) in [5.41, 5.74) is 4.18. The van der Waals surface area contributed by atoms with Crippen molar-refractivity contribution < 1.29 is 4.79 Å². The maximum absolute atomic E-state index is 13.1. The SMILES string of the molecule is CCc1ccc(CN(C(=O)c2ccc(C)cc2)c2ccccn2)cc1. The van der Waals surface area contributed by atoms with Crippen LogP contribution in [0.25, 0.3) is 0 Å². The normalized spacial score (nSPS) is 10.5. The van der Waals surface area contributed by atoms with Gasteiger partial charge in [0.1, 0.15) is 5.82 Å². The van der Waals surface area contributed by atoms with Crippen LogP contribution >= 0.6 is 0 Å². The Morgan fingerprint density at radius 2 is 1.60 bits per heavy atom. The minimum atomic E-state index is -0.0433. The van der Waals surface area contributed by atoms with E-state index in [1.54, 1.807) is 11.1 Å². The molecule has 2 aromatic carbocycles. The maximum Gasteiger partial charge on any atom is 0.259 e. The fourth-order valence-corrected chi connectivity index (χ4v) is 2.69. The highest BCUT2D eigenvalue weighted by atomic mass is 16.2. The first kappa shape index (κ1) is 16.9. The van der Waals surface area contributed by atoms with Gasteiger partial charge in [-0.3, -0.25) is 9.69 Å². The first-order valence-electron chi connectivity index (χ1n) is 8.54. The molecule has 3 aromatic rings. The number of benzene rings is 2. The summed E-state index contributed by atoms with van der Waals surface area (Å²) in [4.78, 5) is 19.2. The Morgan fingerprint density at radius 3 is 2.20 bits per heavy atom. The van der Waals surface area contributed by atoms with E-state index in [0.29, 0.717) is 17.9 Å². The number of carbonyl (C=O) groups excluding carboxylic acids is 1. The number of pyridine rings is 1. The predicted molar refractivity (Wildman–Crippen MR) is 102 cm³/mol. The third-order valence-electron chi connectivity index (χ3n) is 4.24. The fraction of sp³-hybridized carbons (Fsp3) is 0.182. The van der Waals surface area contributed by atoms with Crippen LogP contribution in [0.5, 0.6) is 0 Å². The number of rotatable bonds is 5. The van der Waals surface area contributed by atoms with Gasteiger partial charge in [-0.15, -0.1) is 0 Å². The summed E-state index contributed by atoms with van der Waals surface area (Å²) in [6.07, 6.45) is 2.72. The van der Waals surface area contributed by atoms with Crippen LogP contribution in [-0.4, -0.2) is 10.9 Å². The van der Waals surface area contributed by atoms with E-state index in [2.05, 4.69) is 36.2 Å². The quantitative estimate of drug-likeness (QED) is 0.673. The molecule has 0 N–H and O–H groups in total. The number of carbonyl (C=O) groups is 1. The minimum absolute atomic E-state index is 0.0433. The molecule has 0 aliphatic carbocycles. The highest BCUT2D eigenvalue weighted by Gasteiger charge is 2.19. The molecular weight excluding hydrogens is 308 g/mol. The largest absolute Gasteiger partial charge is 0.288 e. The van der Waals surface area contributed by atoms with Crippen LogP contribution in [0.15, 0.2) is 72.9 Å². The van der Waals surface area contributed by atoms with E-state index in [-0.39, 0.29) is 5.91 Å². The monoisotopic (exact) mass is 330 g/mol. The van der Waals surface area contributed by atoms with Gasteiger partial charge in [0.15, 0.2) is 0 Å². The molecule has 0 atom stereocenters. The second-order valence-electron chi connectivity index (χ2n) is 6.12. The standard InChI is InChI=1S/C22H22N2O/c1-3-18-9-11-19(12-10-18)16-24(21-6-4-5-15-23-21)22(25)20-13-7-17(2)8-14-20/h4-15H,3,16H2,1-2H3. The first-order chi connectivity index (χ1) is 12.2. The van der Waals surface area contributed by atoms with Crippen molar-refractivity contribution in [2.45, 2.75) is 26.8 Å². The molecule has 0 fully saturated rings. The van der Waals surface area contributed by atoms with E-state index in [1.807, 2.05) is 49.4 Å². The van der Waals surface area contributed by atoms with E-state index >= 15 is 0 Å². The molecule has 0 saturated heterocycles. The smallest absolute Gasteiger partial charge is 0.259 e. The lowest BCUT2D eigenvalue weighted by Gasteiger charge is -2.22. The second-order valence-corrected chi connectivity index (χ2v) is 6.12. The lowest BCUT2D eigenvalue weighted by Crippen LogP contribution is -2.31. The molecule has 0 aliphatic heterocycles. The van der Waals surface area contributed by atoms with Crippen molar-refractivity contribution in [1.29, 1.82) is 0 Å². The van der Waals surface area contributed by atoms with Crippen molar-refractivity contribution in [2.24, 2.45) is 0 Å². The zero-order chi connectivity index (χ0) is 17.6. The number of amides is 1. The minimum Gasteiger partial charge on any atom is -0.288 e.